The number of nitrogen functional groups attached to an aromatic ring is 1. The van der Waals surface area contributed by atoms with Crippen molar-refractivity contribution < 1.29 is 4.79 Å². The van der Waals surface area contributed by atoms with Gasteiger partial charge in [0.1, 0.15) is 5.82 Å². The minimum Gasteiger partial charge on any atom is -0.383 e. The van der Waals surface area contributed by atoms with Crippen LogP contribution in [0.15, 0.2) is 24.3 Å². The van der Waals surface area contributed by atoms with Crippen LogP contribution in [-0.4, -0.2) is 28.5 Å². The third-order valence-corrected chi connectivity index (χ3v) is 3.02. The first-order chi connectivity index (χ1) is 8.65. The molecule has 1 amide bonds. The van der Waals surface area contributed by atoms with Crippen molar-refractivity contribution >= 4 is 28.6 Å². The number of anilines is 2. The summed E-state index contributed by atoms with van der Waals surface area (Å²) in [6.07, 6.45) is 0.329. The second kappa shape index (κ2) is 3.92. The molecule has 18 heavy (non-hydrogen) atoms. The van der Waals surface area contributed by atoms with Crippen LogP contribution in [-0.2, 0) is 4.79 Å². The van der Waals surface area contributed by atoms with E-state index in [0.717, 1.165) is 10.9 Å². The molecule has 0 saturated carbocycles. The summed E-state index contributed by atoms with van der Waals surface area (Å²) in [7, 11) is 0. The predicted octanol–water partition coefficient (Wildman–Crippen LogP) is 0.276. The number of hydrogen-bond acceptors (Lipinski definition) is 5. The van der Waals surface area contributed by atoms with Gasteiger partial charge in [0.05, 0.1) is 5.52 Å². The van der Waals surface area contributed by atoms with Gasteiger partial charge in [0.25, 0.3) is 0 Å². The van der Waals surface area contributed by atoms with Gasteiger partial charge in [-0.2, -0.15) is 4.98 Å². The Balaban J connectivity index is 2.10. The fourth-order valence-electron chi connectivity index (χ4n) is 2.14. The summed E-state index contributed by atoms with van der Waals surface area (Å²) >= 11 is 0. The molecular formula is C12H13N5O. The first kappa shape index (κ1) is 10.9. The van der Waals surface area contributed by atoms with E-state index >= 15 is 0 Å². The average Bonchev–Trinajstić information content (AvgIpc) is 2.68. The highest BCUT2D eigenvalue weighted by Gasteiger charge is 2.30. The zero-order valence-corrected chi connectivity index (χ0v) is 9.71. The second-order valence-corrected chi connectivity index (χ2v) is 4.39. The van der Waals surface area contributed by atoms with E-state index in [4.69, 9.17) is 11.5 Å². The molecule has 1 aromatic heterocycles. The van der Waals surface area contributed by atoms with E-state index in [0.29, 0.717) is 24.7 Å². The lowest BCUT2D eigenvalue weighted by Gasteiger charge is -2.14. The van der Waals surface area contributed by atoms with Crippen molar-refractivity contribution in [2.45, 2.75) is 12.5 Å². The number of benzene rings is 1. The number of hydrogen-bond donors (Lipinski definition) is 2. The summed E-state index contributed by atoms with van der Waals surface area (Å²) in [5.41, 5.74) is 12.4. The van der Waals surface area contributed by atoms with Gasteiger partial charge in [-0.15, -0.1) is 0 Å². The Bertz CT molecular complexity index is 627. The van der Waals surface area contributed by atoms with Crippen LogP contribution in [0.1, 0.15) is 6.42 Å². The molecule has 0 radical (unpaired) electrons. The highest BCUT2D eigenvalue weighted by atomic mass is 16.2. The lowest BCUT2D eigenvalue weighted by atomic mass is 10.2. The Morgan fingerprint density at radius 3 is 2.78 bits per heavy atom. The Hall–Kier alpha value is -2.21. The van der Waals surface area contributed by atoms with E-state index in [9.17, 15) is 4.79 Å². The third-order valence-electron chi connectivity index (χ3n) is 3.02. The SMILES string of the molecule is Nc1nc(N2CC(N)CC2=O)nc2ccccc12. The average molecular weight is 243 g/mol. The molecule has 4 N–H and O–H groups in total. The van der Waals surface area contributed by atoms with Gasteiger partial charge in [-0.05, 0) is 12.1 Å². The maximum absolute atomic E-state index is 11.8. The molecular weight excluding hydrogens is 230 g/mol. The van der Waals surface area contributed by atoms with Crippen LogP contribution in [0, 0.1) is 0 Å². The number of carbonyl (C=O) groups is 1. The first-order valence-corrected chi connectivity index (χ1v) is 5.73. The highest BCUT2D eigenvalue weighted by Crippen LogP contribution is 2.23. The molecule has 92 valence electrons. The topological polar surface area (TPSA) is 98.1 Å². The van der Waals surface area contributed by atoms with E-state index in [2.05, 4.69) is 9.97 Å². The van der Waals surface area contributed by atoms with E-state index < -0.39 is 0 Å². The molecule has 1 saturated heterocycles. The van der Waals surface area contributed by atoms with Crippen molar-refractivity contribution in [3.63, 3.8) is 0 Å². The molecule has 0 bridgehead atoms. The number of aromatic nitrogens is 2. The highest BCUT2D eigenvalue weighted by molar-refractivity contribution is 5.96. The molecule has 0 aliphatic carbocycles. The van der Waals surface area contributed by atoms with E-state index in [1.165, 1.54) is 4.90 Å². The third kappa shape index (κ3) is 1.67. The second-order valence-electron chi connectivity index (χ2n) is 4.39. The summed E-state index contributed by atoms with van der Waals surface area (Å²) in [5.74, 6) is 0.658. The lowest BCUT2D eigenvalue weighted by Crippen LogP contribution is -2.29. The molecule has 1 unspecified atom stereocenters. The number of nitrogens with zero attached hydrogens (tertiary/aromatic N) is 3. The molecule has 1 fully saturated rings. The molecule has 1 aliphatic rings. The Kier molecular flexibility index (Phi) is 2.38. The Labute approximate surface area is 104 Å². The number of rotatable bonds is 1. The van der Waals surface area contributed by atoms with Crippen LogP contribution < -0.4 is 16.4 Å². The van der Waals surface area contributed by atoms with Gasteiger partial charge in [-0.25, -0.2) is 4.98 Å². The Morgan fingerprint density at radius 1 is 1.28 bits per heavy atom. The van der Waals surface area contributed by atoms with E-state index in [-0.39, 0.29) is 11.9 Å². The Morgan fingerprint density at radius 2 is 2.06 bits per heavy atom. The van der Waals surface area contributed by atoms with Gasteiger partial charge in [0.2, 0.25) is 11.9 Å². The molecule has 3 rings (SSSR count). The van der Waals surface area contributed by atoms with Crippen LogP contribution in [0.3, 0.4) is 0 Å². The number of fused-ring (bicyclic) bond motifs is 1. The zero-order valence-electron chi connectivity index (χ0n) is 9.71. The maximum Gasteiger partial charge on any atom is 0.234 e. The fraction of sp³-hybridized carbons (Fsp3) is 0.250. The number of amides is 1. The predicted molar refractivity (Wildman–Crippen MR) is 68.9 cm³/mol. The van der Waals surface area contributed by atoms with Gasteiger partial charge in [0, 0.05) is 24.4 Å². The van der Waals surface area contributed by atoms with Gasteiger partial charge < -0.3 is 11.5 Å². The fourth-order valence-corrected chi connectivity index (χ4v) is 2.14. The van der Waals surface area contributed by atoms with Crippen molar-refractivity contribution in [1.29, 1.82) is 0 Å². The summed E-state index contributed by atoms with van der Waals surface area (Å²) in [6.45, 7) is 0.441. The van der Waals surface area contributed by atoms with Crippen LogP contribution >= 0.6 is 0 Å². The van der Waals surface area contributed by atoms with Gasteiger partial charge in [0.15, 0.2) is 0 Å². The zero-order chi connectivity index (χ0) is 12.7. The smallest absolute Gasteiger partial charge is 0.234 e. The number of nitrogens with two attached hydrogens (primary N) is 2. The van der Waals surface area contributed by atoms with Gasteiger partial charge in [-0.3, -0.25) is 9.69 Å². The lowest BCUT2D eigenvalue weighted by molar-refractivity contribution is -0.117. The monoisotopic (exact) mass is 243 g/mol. The molecule has 2 aromatic rings. The summed E-state index contributed by atoms with van der Waals surface area (Å²) in [5, 5.41) is 0.789. The van der Waals surface area contributed by atoms with Crippen molar-refractivity contribution in [3.05, 3.63) is 24.3 Å². The molecule has 6 heteroatoms. The summed E-state index contributed by atoms with van der Waals surface area (Å²) in [4.78, 5) is 21.8. The number of para-hydroxylation sites is 1. The first-order valence-electron chi connectivity index (χ1n) is 5.73. The molecule has 1 atom stereocenters. The quantitative estimate of drug-likeness (QED) is 0.749. The normalized spacial score (nSPS) is 19.7. The van der Waals surface area contributed by atoms with Crippen molar-refractivity contribution in [2.75, 3.05) is 17.2 Å². The van der Waals surface area contributed by atoms with Crippen LogP contribution in [0.5, 0.6) is 0 Å². The largest absolute Gasteiger partial charge is 0.383 e. The van der Waals surface area contributed by atoms with E-state index in [1.54, 1.807) is 0 Å². The van der Waals surface area contributed by atoms with Crippen molar-refractivity contribution in [3.8, 4) is 0 Å². The molecule has 0 spiro atoms. The number of carbonyl (C=O) groups excluding carboxylic acids is 1. The summed E-state index contributed by atoms with van der Waals surface area (Å²) in [6, 6.07) is 7.28. The minimum atomic E-state index is -0.159. The summed E-state index contributed by atoms with van der Waals surface area (Å²) < 4.78 is 0. The van der Waals surface area contributed by atoms with Crippen LogP contribution in [0.2, 0.25) is 0 Å². The minimum absolute atomic E-state index is 0.0582. The van der Waals surface area contributed by atoms with Crippen molar-refractivity contribution in [1.82, 2.24) is 9.97 Å². The molecule has 2 heterocycles. The van der Waals surface area contributed by atoms with Crippen LogP contribution in [0.25, 0.3) is 10.9 Å². The van der Waals surface area contributed by atoms with Crippen LogP contribution in [0.4, 0.5) is 11.8 Å². The maximum atomic E-state index is 11.8. The van der Waals surface area contributed by atoms with E-state index in [1.807, 2.05) is 24.3 Å². The standard InChI is InChI=1S/C12H13N5O/c13-7-5-10(18)17(6-7)12-15-9-4-2-1-3-8(9)11(14)16-12/h1-4,7H,5-6,13H2,(H2,14,15,16). The van der Waals surface area contributed by atoms with Crippen molar-refractivity contribution in [2.24, 2.45) is 5.73 Å². The van der Waals surface area contributed by atoms with Gasteiger partial charge >= 0.3 is 0 Å². The molecule has 1 aliphatic heterocycles. The molecule has 6 nitrogen and oxygen atoms in total. The van der Waals surface area contributed by atoms with Gasteiger partial charge in [-0.1, -0.05) is 12.1 Å². The molecule has 1 aromatic carbocycles.